The molecule has 5 nitrogen and oxygen atoms in total. The molecule has 1 aliphatic rings. The summed E-state index contributed by atoms with van der Waals surface area (Å²) in [6, 6.07) is 5.17. The zero-order valence-corrected chi connectivity index (χ0v) is 12.9. The fraction of sp³-hybridized carbons (Fsp3) is 0.353. The summed E-state index contributed by atoms with van der Waals surface area (Å²) in [5.74, 6) is 0.681. The van der Waals surface area contributed by atoms with Gasteiger partial charge in [0.05, 0.1) is 16.8 Å². The first-order valence-corrected chi connectivity index (χ1v) is 7.27. The number of fused-ring (bicyclic) bond motifs is 1. The molecule has 2 heterocycles. The van der Waals surface area contributed by atoms with E-state index in [1.54, 1.807) is 12.1 Å². The number of hydrogen-bond donors (Lipinski definition) is 0. The van der Waals surface area contributed by atoms with Gasteiger partial charge in [-0.15, -0.1) is 0 Å². The lowest BCUT2D eigenvalue weighted by Gasteiger charge is -2.32. The first kappa shape index (κ1) is 14.5. The van der Waals surface area contributed by atoms with Crippen LogP contribution < -0.4 is 0 Å². The smallest absolute Gasteiger partial charge is 0.176 e. The minimum atomic E-state index is -0.671. The van der Waals surface area contributed by atoms with E-state index in [0.29, 0.717) is 41.9 Å². The van der Waals surface area contributed by atoms with Crippen molar-refractivity contribution in [1.29, 1.82) is 0 Å². The molecule has 0 saturated heterocycles. The van der Waals surface area contributed by atoms with Crippen LogP contribution in [0.1, 0.15) is 57.1 Å². The van der Waals surface area contributed by atoms with Crippen LogP contribution in [-0.4, -0.2) is 27.0 Å². The van der Waals surface area contributed by atoms with Gasteiger partial charge < -0.3 is 0 Å². The fourth-order valence-corrected chi connectivity index (χ4v) is 3.00. The van der Waals surface area contributed by atoms with Crippen molar-refractivity contribution in [2.75, 3.05) is 0 Å². The Kier molecular flexibility index (Phi) is 3.35. The Morgan fingerprint density at radius 1 is 1.18 bits per heavy atom. The molecule has 1 unspecified atom stereocenters. The van der Waals surface area contributed by atoms with E-state index in [9.17, 15) is 9.59 Å². The number of aryl methyl sites for hydroxylation is 3. The van der Waals surface area contributed by atoms with Crippen LogP contribution in [0.4, 0.5) is 0 Å². The third kappa shape index (κ3) is 2.22. The van der Waals surface area contributed by atoms with E-state index < -0.39 is 5.41 Å². The highest BCUT2D eigenvalue weighted by atomic mass is 16.1. The van der Waals surface area contributed by atoms with E-state index in [1.807, 2.05) is 26.8 Å². The number of rotatable bonds is 2. The Morgan fingerprint density at radius 2 is 1.95 bits per heavy atom. The zero-order valence-electron chi connectivity index (χ0n) is 12.9. The lowest BCUT2D eigenvalue weighted by molar-refractivity contribution is 0.0869. The Morgan fingerprint density at radius 3 is 2.64 bits per heavy atom. The molecule has 0 aromatic carbocycles. The summed E-state index contributed by atoms with van der Waals surface area (Å²) < 4.78 is 0. The highest BCUT2D eigenvalue weighted by Crippen LogP contribution is 2.37. The van der Waals surface area contributed by atoms with E-state index in [-0.39, 0.29) is 5.78 Å². The molecule has 1 atom stereocenters. The van der Waals surface area contributed by atoms with Crippen molar-refractivity contribution >= 4 is 12.1 Å². The number of Topliss-reactive ketones (excluding diaryl/α,β-unsaturated/α-hetero) is 1. The van der Waals surface area contributed by atoms with Crippen molar-refractivity contribution in [3.8, 4) is 0 Å². The van der Waals surface area contributed by atoms with Gasteiger partial charge in [-0.25, -0.2) is 15.0 Å². The average Bonchev–Trinajstić information content (AvgIpc) is 2.50. The van der Waals surface area contributed by atoms with Crippen molar-refractivity contribution in [3.05, 3.63) is 52.4 Å². The number of hydrogen-bond acceptors (Lipinski definition) is 5. The molecule has 2 aromatic heterocycles. The quantitative estimate of drug-likeness (QED) is 0.795. The van der Waals surface area contributed by atoms with E-state index in [1.165, 1.54) is 0 Å². The number of pyridine rings is 1. The predicted molar refractivity (Wildman–Crippen MR) is 81.1 cm³/mol. The molecule has 0 N–H and O–H groups in total. The molecule has 2 aromatic rings. The van der Waals surface area contributed by atoms with Gasteiger partial charge in [-0.05, 0) is 51.8 Å². The fourth-order valence-electron chi connectivity index (χ4n) is 3.00. The molecule has 112 valence electrons. The van der Waals surface area contributed by atoms with Gasteiger partial charge in [-0.1, -0.05) is 0 Å². The molecule has 0 saturated carbocycles. The van der Waals surface area contributed by atoms with E-state index in [4.69, 9.17) is 0 Å². The molecule has 0 amide bonds. The third-order valence-electron chi connectivity index (χ3n) is 4.26. The SMILES string of the molecule is Cc1cc(C2(C)CCc3nc(C=O)ccc3C2=O)nc(C)n1. The molecule has 0 bridgehead atoms. The van der Waals surface area contributed by atoms with Gasteiger partial charge in [0.1, 0.15) is 11.5 Å². The second kappa shape index (κ2) is 5.09. The van der Waals surface area contributed by atoms with Gasteiger partial charge in [-0.2, -0.15) is 0 Å². The number of carbonyl (C=O) groups is 2. The molecule has 0 spiro atoms. The Balaban J connectivity index is 2.09. The lowest BCUT2D eigenvalue weighted by atomic mass is 9.71. The molecular formula is C17H17N3O2. The van der Waals surface area contributed by atoms with Crippen molar-refractivity contribution in [1.82, 2.24) is 15.0 Å². The summed E-state index contributed by atoms with van der Waals surface area (Å²) in [6.07, 6.45) is 1.99. The second-order valence-electron chi connectivity index (χ2n) is 5.95. The van der Waals surface area contributed by atoms with Crippen LogP contribution in [0.3, 0.4) is 0 Å². The van der Waals surface area contributed by atoms with Gasteiger partial charge in [-0.3, -0.25) is 9.59 Å². The number of aldehydes is 1. The minimum Gasteiger partial charge on any atom is -0.296 e. The van der Waals surface area contributed by atoms with Gasteiger partial charge in [0.25, 0.3) is 0 Å². The summed E-state index contributed by atoms with van der Waals surface area (Å²) >= 11 is 0. The second-order valence-corrected chi connectivity index (χ2v) is 5.95. The summed E-state index contributed by atoms with van der Waals surface area (Å²) in [7, 11) is 0. The number of ketones is 1. The van der Waals surface area contributed by atoms with Crippen LogP contribution in [-0.2, 0) is 11.8 Å². The van der Waals surface area contributed by atoms with Crippen LogP contribution >= 0.6 is 0 Å². The van der Waals surface area contributed by atoms with Gasteiger partial charge in [0, 0.05) is 11.3 Å². The number of carbonyl (C=O) groups excluding carboxylic acids is 2. The summed E-state index contributed by atoms with van der Waals surface area (Å²) in [6.45, 7) is 5.66. The average molecular weight is 295 g/mol. The Labute approximate surface area is 128 Å². The van der Waals surface area contributed by atoms with E-state index in [2.05, 4.69) is 15.0 Å². The van der Waals surface area contributed by atoms with Crippen molar-refractivity contribution < 1.29 is 9.59 Å². The van der Waals surface area contributed by atoms with Crippen LogP contribution in [0.25, 0.3) is 0 Å². The Hall–Kier alpha value is -2.43. The highest BCUT2D eigenvalue weighted by molar-refractivity contribution is 6.05. The maximum absolute atomic E-state index is 13.0. The molecule has 5 heteroatoms. The molecule has 0 radical (unpaired) electrons. The van der Waals surface area contributed by atoms with Crippen LogP contribution in [0.5, 0.6) is 0 Å². The molecular weight excluding hydrogens is 278 g/mol. The first-order chi connectivity index (χ1) is 10.4. The predicted octanol–water partition coefficient (Wildman–Crippen LogP) is 2.39. The standard InChI is InChI=1S/C17H17N3O2/c1-10-8-15(19-11(2)18-10)17(3)7-6-14-13(16(17)22)5-4-12(9-21)20-14/h4-5,8-9H,6-7H2,1-3H3. The van der Waals surface area contributed by atoms with Crippen molar-refractivity contribution in [3.63, 3.8) is 0 Å². The molecule has 22 heavy (non-hydrogen) atoms. The maximum atomic E-state index is 13.0. The summed E-state index contributed by atoms with van der Waals surface area (Å²) in [5.41, 5.74) is 2.60. The van der Waals surface area contributed by atoms with Crippen LogP contribution in [0, 0.1) is 13.8 Å². The maximum Gasteiger partial charge on any atom is 0.176 e. The zero-order chi connectivity index (χ0) is 15.9. The van der Waals surface area contributed by atoms with Crippen molar-refractivity contribution in [2.24, 2.45) is 0 Å². The number of nitrogens with zero attached hydrogens (tertiary/aromatic N) is 3. The molecule has 0 fully saturated rings. The van der Waals surface area contributed by atoms with Gasteiger partial charge >= 0.3 is 0 Å². The van der Waals surface area contributed by atoms with Crippen molar-refractivity contribution in [2.45, 2.75) is 39.0 Å². The number of aromatic nitrogens is 3. The largest absolute Gasteiger partial charge is 0.296 e. The van der Waals surface area contributed by atoms with Gasteiger partial charge in [0.2, 0.25) is 0 Å². The van der Waals surface area contributed by atoms with E-state index in [0.717, 1.165) is 11.4 Å². The molecule has 1 aliphatic carbocycles. The van der Waals surface area contributed by atoms with Crippen LogP contribution in [0.15, 0.2) is 18.2 Å². The van der Waals surface area contributed by atoms with E-state index >= 15 is 0 Å². The van der Waals surface area contributed by atoms with Crippen LogP contribution in [0.2, 0.25) is 0 Å². The summed E-state index contributed by atoms with van der Waals surface area (Å²) in [5, 5.41) is 0. The van der Waals surface area contributed by atoms with Gasteiger partial charge in [0.15, 0.2) is 12.1 Å². The topological polar surface area (TPSA) is 72.8 Å². The first-order valence-electron chi connectivity index (χ1n) is 7.27. The third-order valence-corrected chi connectivity index (χ3v) is 4.26. The Bertz CT molecular complexity index is 765. The molecule has 3 rings (SSSR count). The minimum absolute atomic E-state index is 0.0104. The molecule has 0 aliphatic heterocycles. The lowest BCUT2D eigenvalue weighted by Crippen LogP contribution is -2.39. The highest BCUT2D eigenvalue weighted by Gasteiger charge is 2.41. The monoisotopic (exact) mass is 295 g/mol. The summed E-state index contributed by atoms with van der Waals surface area (Å²) in [4.78, 5) is 36.8. The normalized spacial score (nSPS) is 20.6.